The van der Waals surface area contributed by atoms with Crippen molar-refractivity contribution in [2.24, 2.45) is 0 Å². The molecule has 1 aliphatic rings. The average Bonchev–Trinajstić information content (AvgIpc) is 3.21. The van der Waals surface area contributed by atoms with Crippen molar-refractivity contribution in [2.45, 2.75) is 275 Å². The number of ether oxygens (including phenoxy) is 2. The highest BCUT2D eigenvalue weighted by Gasteiger charge is 2.44. The number of amides is 1. The van der Waals surface area contributed by atoms with Gasteiger partial charge in [0.15, 0.2) is 6.29 Å². The van der Waals surface area contributed by atoms with Crippen LogP contribution in [0.2, 0.25) is 0 Å². The van der Waals surface area contributed by atoms with Crippen LogP contribution in [0.15, 0.2) is 12.2 Å². The normalized spacial score (nSPS) is 21.0. The van der Waals surface area contributed by atoms with Gasteiger partial charge in [-0.1, -0.05) is 219 Å². The van der Waals surface area contributed by atoms with Gasteiger partial charge in [0.2, 0.25) is 5.91 Å². The zero-order chi connectivity index (χ0) is 41.6. The number of allylic oxidation sites excluding steroid dienone is 1. The molecule has 0 aromatic heterocycles. The highest BCUT2D eigenvalue weighted by atomic mass is 16.7. The molecule has 1 heterocycles. The molecule has 57 heavy (non-hydrogen) atoms. The molecular formula is C48H93NO8. The Bertz CT molecular complexity index is 904. The van der Waals surface area contributed by atoms with Crippen molar-refractivity contribution in [1.82, 2.24) is 5.32 Å². The van der Waals surface area contributed by atoms with Crippen molar-refractivity contribution < 1.29 is 39.8 Å². The second kappa shape index (κ2) is 39.1. The van der Waals surface area contributed by atoms with E-state index < -0.39 is 49.5 Å². The lowest BCUT2D eigenvalue weighted by atomic mass is 9.99. The second-order valence-corrected chi connectivity index (χ2v) is 17.3. The van der Waals surface area contributed by atoms with Crippen molar-refractivity contribution in [3.63, 3.8) is 0 Å². The molecule has 9 heteroatoms. The molecule has 1 amide bonds. The largest absolute Gasteiger partial charge is 0.394 e. The Morgan fingerprint density at radius 3 is 1.37 bits per heavy atom. The van der Waals surface area contributed by atoms with Gasteiger partial charge < -0.3 is 40.3 Å². The summed E-state index contributed by atoms with van der Waals surface area (Å²) in [7, 11) is 0. The third-order valence-corrected chi connectivity index (χ3v) is 11.9. The number of rotatable bonds is 41. The van der Waals surface area contributed by atoms with Crippen LogP contribution in [0.5, 0.6) is 0 Å². The maximum absolute atomic E-state index is 13.0. The predicted octanol–water partition coefficient (Wildman–Crippen LogP) is 10.5. The van der Waals surface area contributed by atoms with Crippen molar-refractivity contribution in [3.05, 3.63) is 12.2 Å². The minimum atomic E-state index is -1.56. The van der Waals surface area contributed by atoms with Gasteiger partial charge in [0.05, 0.1) is 25.4 Å². The number of aliphatic hydroxyl groups excluding tert-OH is 5. The van der Waals surface area contributed by atoms with E-state index in [2.05, 4.69) is 19.2 Å². The SMILES string of the molecule is CCCCCCCCCCCCCCC/C=C/C(O)C(COC1OC(CO)C(O)C(O)C1O)NC(=O)CCCCCCCCCCCCCCCCCCCCC. The van der Waals surface area contributed by atoms with E-state index in [4.69, 9.17) is 9.47 Å². The van der Waals surface area contributed by atoms with Gasteiger partial charge in [-0.2, -0.15) is 0 Å². The predicted molar refractivity (Wildman–Crippen MR) is 235 cm³/mol. The molecule has 0 spiro atoms. The fourth-order valence-electron chi connectivity index (χ4n) is 7.92. The molecule has 0 bridgehead atoms. The van der Waals surface area contributed by atoms with Crippen LogP contribution in [-0.4, -0.2) is 87.5 Å². The van der Waals surface area contributed by atoms with E-state index in [0.717, 1.165) is 38.5 Å². The number of unbranched alkanes of at least 4 members (excludes halogenated alkanes) is 31. The van der Waals surface area contributed by atoms with Crippen LogP contribution in [-0.2, 0) is 14.3 Å². The van der Waals surface area contributed by atoms with Gasteiger partial charge in [-0.25, -0.2) is 0 Å². The van der Waals surface area contributed by atoms with E-state index in [9.17, 15) is 30.3 Å². The summed E-state index contributed by atoms with van der Waals surface area (Å²) in [6, 6.07) is -0.798. The van der Waals surface area contributed by atoms with E-state index in [1.807, 2.05) is 6.08 Å². The van der Waals surface area contributed by atoms with Crippen LogP contribution >= 0.6 is 0 Å². The van der Waals surface area contributed by atoms with Crippen molar-refractivity contribution in [1.29, 1.82) is 0 Å². The van der Waals surface area contributed by atoms with Crippen molar-refractivity contribution in [3.8, 4) is 0 Å². The summed E-state index contributed by atoms with van der Waals surface area (Å²) in [4.78, 5) is 13.0. The first kappa shape index (κ1) is 53.9. The lowest BCUT2D eigenvalue weighted by molar-refractivity contribution is -0.302. The zero-order valence-corrected chi connectivity index (χ0v) is 37.1. The molecule has 0 saturated carbocycles. The number of carbonyl (C=O) groups excluding carboxylic acids is 1. The third kappa shape index (κ3) is 29.7. The van der Waals surface area contributed by atoms with Crippen LogP contribution < -0.4 is 5.32 Å². The topological polar surface area (TPSA) is 149 Å². The molecule has 9 nitrogen and oxygen atoms in total. The molecule has 0 aliphatic carbocycles. The van der Waals surface area contributed by atoms with Gasteiger partial charge in [-0.05, 0) is 19.3 Å². The summed E-state index contributed by atoms with van der Waals surface area (Å²) in [5, 5.41) is 54.2. The van der Waals surface area contributed by atoms with Crippen LogP contribution in [0.4, 0.5) is 0 Å². The van der Waals surface area contributed by atoms with Gasteiger partial charge in [0, 0.05) is 6.42 Å². The molecule has 1 aliphatic heterocycles. The molecule has 7 atom stereocenters. The zero-order valence-electron chi connectivity index (χ0n) is 37.1. The Hall–Kier alpha value is -1.07. The maximum Gasteiger partial charge on any atom is 0.220 e. The summed E-state index contributed by atoms with van der Waals surface area (Å²) < 4.78 is 11.2. The monoisotopic (exact) mass is 812 g/mol. The molecular weight excluding hydrogens is 719 g/mol. The van der Waals surface area contributed by atoms with E-state index in [1.54, 1.807) is 6.08 Å². The standard InChI is InChI=1S/C48H93NO8/c1-3-5-7-9-11-13-15-17-19-20-21-22-24-26-28-30-32-34-36-38-44(52)49-41(40-56-48-47(55)46(54)45(53)43(39-50)57-48)42(51)37-35-33-31-29-27-25-23-18-16-14-12-10-8-6-4-2/h35,37,41-43,45-48,50-51,53-55H,3-34,36,38-40H2,1-2H3,(H,49,52)/b37-35+. The number of hydrogen-bond donors (Lipinski definition) is 6. The fraction of sp³-hybridized carbons (Fsp3) is 0.938. The minimum Gasteiger partial charge on any atom is -0.394 e. The molecule has 7 unspecified atom stereocenters. The Balaban J connectivity index is 2.31. The summed E-state index contributed by atoms with van der Waals surface area (Å²) in [6.07, 6.45) is 38.2. The summed E-state index contributed by atoms with van der Waals surface area (Å²) in [5.74, 6) is -0.173. The molecule has 0 aromatic carbocycles. The van der Waals surface area contributed by atoms with Crippen LogP contribution in [0.25, 0.3) is 0 Å². The summed E-state index contributed by atoms with van der Waals surface area (Å²) >= 11 is 0. The maximum atomic E-state index is 13.0. The van der Waals surface area contributed by atoms with Gasteiger partial charge in [0.1, 0.15) is 24.4 Å². The van der Waals surface area contributed by atoms with E-state index >= 15 is 0 Å². The van der Waals surface area contributed by atoms with E-state index in [0.29, 0.717) is 6.42 Å². The fourth-order valence-corrected chi connectivity index (χ4v) is 7.92. The van der Waals surface area contributed by atoms with Gasteiger partial charge in [0.25, 0.3) is 0 Å². The highest BCUT2D eigenvalue weighted by Crippen LogP contribution is 2.23. The molecule has 1 rings (SSSR count). The third-order valence-electron chi connectivity index (χ3n) is 11.9. The van der Waals surface area contributed by atoms with Crippen molar-refractivity contribution >= 4 is 5.91 Å². The quantitative estimate of drug-likeness (QED) is 0.0264. The first-order valence-corrected chi connectivity index (χ1v) is 24.4. The molecule has 6 N–H and O–H groups in total. The van der Waals surface area contributed by atoms with Gasteiger partial charge in [-0.15, -0.1) is 0 Å². The Kier molecular flexibility index (Phi) is 37.0. The second-order valence-electron chi connectivity index (χ2n) is 17.3. The molecule has 0 radical (unpaired) electrons. The summed E-state index contributed by atoms with van der Waals surface area (Å²) in [6.45, 7) is 3.79. The van der Waals surface area contributed by atoms with Crippen LogP contribution in [0.1, 0.15) is 232 Å². The average molecular weight is 812 g/mol. The smallest absolute Gasteiger partial charge is 0.220 e. The Morgan fingerprint density at radius 2 is 0.965 bits per heavy atom. The molecule has 338 valence electrons. The van der Waals surface area contributed by atoms with Crippen LogP contribution in [0, 0.1) is 0 Å². The van der Waals surface area contributed by atoms with E-state index in [-0.39, 0.29) is 12.5 Å². The van der Waals surface area contributed by atoms with Crippen LogP contribution in [0.3, 0.4) is 0 Å². The number of carbonyl (C=O) groups is 1. The lowest BCUT2D eigenvalue weighted by Gasteiger charge is -2.40. The van der Waals surface area contributed by atoms with Gasteiger partial charge in [-0.3, -0.25) is 4.79 Å². The summed E-state index contributed by atoms with van der Waals surface area (Å²) in [5.41, 5.74) is 0. The molecule has 0 aromatic rings. The number of aliphatic hydroxyl groups is 5. The van der Waals surface area contributed by atoms with E-state index in [1.165, 1.54) is 173 Å². The molecule has 1 saturated heterocycles. The minimum absolute atomic E-state index is 0.173. The Morgan fingerprint density at radius 1 is 0.579 bits per heavy atom. The van der Waals surface area contributed by atoms with Crippen molar-refractivity contribution in [2.75, 3.05) is 13.2 Å². The first-order chi connectivity index (χ1) is 27.8. The highest BCUT2D eigenvalue weighted by molar-refractivity contribution is 5.76. The number of nitrogens with one attached hydrogen (secondary N) is 1. The number of hydrogen-bond acceptors (Lipinski definition) is 8. The lowest BCUT2D eigenvalue weighted by Crippen LogP contribution is -2.60. The first-order valence-electron chi connectivity index (χ1n) is 24.4. The Labute approximate surface area is 350 Å². The van der Waals surface area contributed by atoms with Gasteiger partial charge >= 0.3 is 0 Å². The molecule has 1 fully saturated rings.